The van der Waals surface area contributed by atoms with Crippen molar-refractivity contribution < 1.29 is 14.3 Å². The van der Waals surface area contributed by atoms with Crippen LogP contribution in [0.2, 0.25) is 0 Å². The molecule has 84 valence electrons. The first kappa shape index (κ1) is 13.9. The molecule has 1 rings (SSSR count). The van der Waals surface area contributed by atoms with Crippen molar-refractivity contribution in [1.82, 2.24) is 5.32 Å². The molecular formula is C9H12ClNO3S. The van der Waals surface area contributed by atoms with Gasteiger partial charge in [0.1, 0.15) is 6.04 Å². The predicted octanol–water partition coefficient (Wildman–Crippen LogP) is 1.46. The fourth-order valence-electron chi connectivity index (χ4n) is 0.911. The van der Waals surface area contributed by atoms with Gasteiger partial charge in [0.2, 0.25) is 0 Å². The standard InChI is InChI=1S/C9H11NO3S.ClH/c1-6(9(12)13-2)10-8(11)7-4-3-5-14-7;/h3-6H,1-2H3,(H,10,11);1H/t6-;/m0./s1. The summed E-state index contributed by atoms with van der Waals surface area (Å²) >= 11 is 1.33. The van der Waals surface area contributed by atoms with Gasteiger partial charge >= 0.3 is 5.97 Å². The van der Waals surface area contributed by atoms with E-state index < -0.39 is 12.0 Å². The summed E-state index contributed by atoms with van der Waals surface area (Å²) in [6.07, 6.45) is 0. The van der Waals surface area contributed by atoms with Crippen LogP contribution >= 0.6 is 23.7 Å². The second-order valence-corrected chi connectivity index (χ2v) is 3.64. The number of rotatable bonds is 3. The Hall–Kier alpha value is -1.07. The van der Waals surface area contributed by atoms with E-state index in [0.717, 1.165) is 0 Å². The number of ether oxygens (including phenoxy) is 1. The third-order valence-electron chi connectivity index (χ3n) is 1.65. The van der Waals surface area contributed by atoms with Crippen LogP contribution in [0.25, 0.3) is 0 Å². The minimum absolute atomic E-state index is 0. The molecule has 1 atom stereocenters. The molecule has 1 heterocycles. The van der Waals surface area contributed by atoms with Gasteiger partial charge in [0.05, 0.1) is 12.0 Å². The molecule has 0 spiro atoms. The Morgan fingerprint density at radius 2 is 2.20 bits per heavy atom. The number of hydrogen-bond acceptors (Lipinski definition) is 4. The molecule has 0 saturated carbocycles. The maximum absolute atomic E-state index is 11.4. The second-order valence-electron chi connectivity index (χ2n) is 2.70. The van der Waals surface area contributed by atoms with Crippen LogP contribution in [0.5, 0.6) is 0 Å². The van der Waals surface area contributed by atoms with Crippen molar-refractivity contribution in [2.75, 3.05) is 7.11 Å². The van der Waals surface area contributed by atoms with Crippen LogP contribution in [-0.4, -0.2) is 25.0 Å². The number of nitrogens with one attached hydrogen (secondary N) is 1. The number of esters is 1. The molecule has 4 nitrogen and oxygen atoms in total. The van der Waals surface area contributed by atoms with Crippen molar-refractivity contribution in [2.45, 2.75) is 13.0 Å². The summed E-state index contributed by atoms with van der Waals surface area (Å²) in [6, 6.07) is 2.86. The summed E-state index contributed by atoms with van der Waals surface area (Å²) in [7, 11) is 1.29. The molecule has 1 aromatic rings. The van der Waals surface area contributed by atoms with Gasteiger partial charge in [0, 0.05) is 0 Å². The smallest absolute Gasteiger partial charge is 0.328 e. The van der Waals surface area contributed by atoms with E-state index in [0.29, 0.717) is 4.88 Å². The van der Waals surface area contributed by atoms with E-state index in [4.69, 9.17) is 0 Å². The first-order valence-electron chi connectivity index (χ1n) is 4.07. The first-order valence-corrected chi connectivity index (χ1v) is 4.95. The lowest BCUT2D eigenvalue weighted by Gasteiger charge is -2.09. The Kier molecular flexibility index (Phi) is 5.96. The normalized spacial score (nSPS) is 11.1. The average molecular weight is 250 g/mol. The number of carbonyl (C=O) groups excluding carboxylic acids is 2. The molecular weight excluding hydrogens is 238 g/mol. The number of methoxy groups -OCH3 is 1. The molecule has 1 N–H and O–H groups in total. The zero-order valence-corrected chi connectivity index (χ0v) is 9.98. The van der Waals surface area contributed by atoms with Crippen molar-refractivity contribution >= 4 is 35.6 Å². The molecule has 1 aromatic heterocycles. The predicted molar refractivity (Wildman–Crippen MR) is 60.5 cm³/mol. The van der Waals surface area contributed by atoms with E-state index in [2.05, 4.69) is 10.1 Å². The summed E-state index contributed by atoms with van der Waals surface area (Å²) in [4.78, 5) is 23.0. The number of amides is 1. The van der Waals surface area contributed by atoms with Crippen molar-refractivity contribution in [3.05, 3.63) is 22.4 Å². The van der Waals surface area contributed by atoms with Crippen molar-refractivity contribution in [3.8, 4) is 0 Å². The molecule has 15 heavy (non-hydrogen) atoms. The molecule has 0 radical (unpaired) electrons. The van der Waals surface area contributed by atoms with E-state index in [1.54, 1.807) is 24.4 Å². The molecule has 0 aromatic carbocycles. The monoisotopic (exact) mass is 249 g/mol. The van der Waals surface area contributed by atoms with Crippen molar-refractivity contribution in [2.24, 2.45) is 0 Å². The van der Waals surface area contributed by atoms with Gasteiger partial charge in [-0.2, -0.15) is 0 Å². The highest BCUT2D eigenvalue weighted by atomic mass is 35.5. The van der Waals surface area contributed by atoms with E-state index >= 15 is 0 Å². The van der Waals surface area contributed by atoms with Gasteiger partial charge in [-0.25, -0.2) is 4.79 Å². The lowest BCUT2D eigenvalue weighted by Crippen LogP contribution is -2.38. The summed E-state index contributed by atoms with van der Waals surface area (Å²) in [6.45, 7) is 1.58. The molecule has 6 heteroatoms. The van der Waals surface area contributed by atoms with Gasteiger partial charge in [-0.3, -0.25) is 4.79 Å². The zero-order chi connectivity index (χ0) is 10.6. The highest BCUT2D eigenvalue weighted by molar-refractivity contribution is 7.12. The van der Waals surface area contributed by atoms with Crippen LogP contribution in [0.1, 0.15) is 16.6 Å². The van der Waals surface area contributed by atoms with Gasteiger partial charge in [0.25, 0.3) is 5.91 Å². The van der Waals surface area contributed by atoms with Crippen LogP contribution in [0.4, 0.5) is 0 Å². The first-order chi connectivity index (χ1) is 6.65. The van der Waals surface area contributed by atoms with Gasteiger partial charge < -0.3 is 10.1 Å². The summed E-state index contributed by atoms with van der Waals surface area (Å²) in [5.41, 5.74) is 0. The fourth-order valence-corrected chi connectivity index (χ4v) is 1.54. The third-order valence-corrected chi connectivity index (χ3v) is 2.52. The van der Waals surface area contributed by atoms with Gasteiger partial charge in [-0.1, -0.05) is 6.07 Å². The Balaban J connectivity index is 0.00000196. The highest BCUT2D eigenvalue weighted by Gasteiger charge is 2.16. The Morgan fingerprint density at radius 3 is 2.67 bits per heavy atom. The SMILES string of the molecule is COC(=O)[C@H](C)NC(=O)c1cccs1.Cl. The number of thiophene rings is 1. The minimum Gasteiger partial charge on any atom is -0.467 e. The van der Waals surface area contributed by atoms with E-state index in [1.807, 2.05) is 0 Å². The topological polar surface area (TPSA) is 55.4 Å². The molecule has 1 amide bonds. The van der Waals surface area contributed by atoms with Crippen LogP contribution in [0.3, 0.4) is 0 Å². The molecule has 0 unspecified atom stereocenters. The van der Waals surface area contributed by atoms with Crippen LogP contribution in [-0.2, 0) is 9.53 Å². The number of hydrogen-bond donors (Lipinski definition) is 1. The van der Waals surface area contributed by atoms with Crippen molar-refractivity contribution in [1.29, 1.82) is 0 Å². The quantitative estimate of drug-likeness (QED) is 0.826. The largest absolute Gasteiger partial charge is 0.467 e. The second kappa shape index (κ2) is 6.42. The molecule has 0 aliphatic heterocycles. The summed E-state index contributed by atoms with van der Waals surface area (Å²) in [5.74, 6) is -0.701. The molecule has 0 aliphatic rings. The van der Waals surface area contributed by atoms with Crippen LogP contribution < -0.4 is 5.32 Å². The summed E-state index contributed by atoms with van der Waals surface area (Å²) < 4.78 is 4.48. The number of halogens is 1. The van der Waals surface area contributed by atoms with Crippen molar-refractivity contribution in [3.63, 3.8) is 0 Å². The van der Waals surface area contributed by atoms with E-state index in [1.165, 1.54) is 18.4 Å². The fraction of sp³-hybridized carbons (Fsp3) is 0.333. The minimum atomic E-state index is -0.616. The lowest BCUT2D eigenvalue weighted by atomic mass is 10.3. The van der Waals surface area contributed by atoms with Crippen LogP contribution in [0, 0.1) is 0 Å². The van der Waals surface area contributed by atoms with Gasteiger partial charge in [-0.05, 0) is 18.4 Å². The van der Waals surface area contributed by atoms with Gasteiger partial charge in [0.15, 0.2) is 0 Å². The molecule has 0 bridgehead atoms. The molecule has 0 saturated heterocycles. The average Bonchev–Trinajstić information content (AvgIpc) is 2.69. The van der Waals surface area contributed by atoms with Crippen LogP contribution in [0.15, 0.2) is 17.5 Å². The van der Waals surface area contributed by atoms with E-state index in [9.17, 15) is 9.59 Å². The lowest BCUT2D eigenvalue weighted by molar-refractivity contribution is -0.142. The molecule has 0 fully saturated rings. The Labute approximate surface area is 98.0 Å². The number of carbonyl (C=O) groups is 2. The highest BCUT2D eigenvalue weighted by Crippen LogP contribution is 2.08. The Bertz CT molecular complexity index is 326. The zero-order valence-electron chi connectivity index (χ0n) is 8.35. The van der Waals surface area contributed by atoms with E-state index in [-0.39, 0.29) is 18.3 Å². The van der Waals surface area contributed by atoms with Gasteiger partial charge in [-0.15, -0.1) is 23.7 Å². The Morgan fingerprint density at radius 1 is 1.53 bits per heavy atom. The maximum Gasteiger partial charge on any atom is 0.328 e. The summed E-state index contributed by atoms with van der Waals surface area (Å²) in [5, 5.41) is 4.33. The third kappa shape index (κ3) is 3.89. The maximum atomic E-state index is 11.4. The molecule has 0 aliphatic carbocycles.